The fraction of sp³-hybridized carbons (Fsp3) is 0.0357. The van der Waals surface area contributed by atoms with E-state index in [1.807, 2.05) is 72.8 Å². The van der Waals surface area contributed by atoms with Gasteiger partial charge in [-0.3, -0.25) is 20.4 Å². The van der Waals surface area contributed by atoms with E-state index in [1.165, 1.54) is 0 Å². The van der Waals surface area contributed by atoms with Crippen LogP contribution in [-0.2, 0) is 11.2 Å². The summed E-state index contributed by atoms with van der Waals surface area (Å²) in [6.45, 7) is 0. The number of halogens is 1. The highest BCUT2D eigenvalue weighted by Gasteiger charge is 2.20. The number of nitrogens with zero attached hydrogens (tertiary/aromatic N) is 1. The molecule has 4 aromatic carbocycles. The Bertz CT molecular complexity index is 1450. The molecule has 2 amide bonds. The van der Waals surface area contributed by atoms with Crippen LogP contribution in [0, 0.1) is 0 Å². The van der Waals surface area contributed by atoms with Gasteiger partial charge in [-0.15, -0.1) is 0 Å². The predicted octanol–water partition coefficient (Wildman–Crippen LogP) is 6.09. The van der Waals surface area contributed by atoms with E-state index in [2.05, 4.69) is 38.9 Å². The van der Waals surface area contributed by atoms with Crippen LogP contribution in [0.5, 0.6) is 0 Å². The van der Waals surface area contributed by atoms with Crippen LogP contribution < -0.4 is 10.9 Å². The summed E-state index contributed by atoms with van der Waals surface area (Å²) >= 11 is 5.17. The Morgan fingerprint density at radius 1 is 0.800 bits per heavy atom. The molecule has 0 saturated carbocycles. The molecule has 0 bridgehead atoms. The Hall–Kier alpha value is -3.68. The normalized spacial score (nSPS) is 12.0. The molecule has 35 heavy (non-hydrogen) atoms. The van der Waals surface area contributed by atoms with E-state index in [4.69, 9.17) is 4.99 Å². The second-order valence-corrected chi connectivity index (χ2v) is 9.92. The van der Waals surface area contributed by atoms with E-state index in [-0.39, 0.29) is 12.3 Å². The first-order chi connectivity index (χ1) is 17.1. The summed E-state index contributed by atoms with van der Waals surface area (Å²) in [5, 5.41) is 0. The van der Waals surface area contributed by atoms with Gasteiger partial charge in [-0.2, -0.15) is 0 Å². The minimum Gasteiger partial charge on any atom is -0.273 e. The molecule has 0 fully saturated rings. The summed E-state index contributed by atoms with van der Waals surface area (Å²) in [4.78, 5) is 32.1. The Morgan fingerprint density at radius 3 is 2.43 bits per heavy atom. The zero-order chi connectivity index (χ0) is 24.2. The molecule has 0 radical (unpaired) electrons. The number of hydrogen-bond donors (Lipinski definition) is 2. The Kier molecular flexibility index (Phi) is 6.79. The molecule has 4 aromatic rings. The quantitative estimate of drug-likeness (QED) is 0.270. The maximum absolute atomic E-state index is 12.8. The average Bonchev–Trinajstić information content (AvgIpc) is 3.04. The molecule has 0 atom stereocenters. The van der Waals surface area contributed by atoms with E-state index in [9.17, 15) is 9.59 Å². The molecule has 2 N–H and O–H groups in total. The second-order valence-electron chi connectivity index (χ2n) is 7.92. The van der Waals surface area contributed by atoms with Gasteiger partial charge in [0.1, 0.15) is 0 Å². The smallest absolute Gasteiger partial charge is 0.269 e. The number of amides is 2. The van der Waals surface area contributed by atoms with Gasteiger partial charge in [-0.25, -0.2) is 4.99 Å². The van der Waals surface area contributed by atoms with Gasteiger partial charge in [0.05, 0.1) is 17.8 Å². The summed E-state index contributed by atoms with van der Waals surface area (Å²) in [6.07, 6.45) is 0.181. The van der Waals surface area contributed by atoms with Gasteiger partial charge in [0, 0.05) is 31.0 Å². The van der Waals surface area contributed by atoms with Gasteiger partial charge in [0.15, 0.2) is 0 Å². The Balaban J connectivity index is 1.41. The van der Waals surface area contributed by atoms with E-state index in [1.54, 1.807) is 23.9 Å². The fourth-order valence-electron chi connectivity index (χ4n) is 3.76. The number of fused-ring (bicyclic) bond motifs is 2. The number of carbonyl (C=O) groups is 2. The fourth-order valence-corrected chi connectivity index (χ4v) is 5.17. The van der Waals surface area contributed by atoms with Crippen molar-refractivity contribution in [2.24, 2.45) is 4.99 Å². The molecule has 5 nitrogen and oxygen atoms in total. The molecule has 1 aliphatic heterocycles. The number of benzene rings is 4. The minimum atomic E-state index is -0.403. The van der Waals surface area contributed by atoms with Gasteiger partial charge in [-0.1, -0.05) is 88.4 Å². The zero-order valence-electron chi connectivity index (χ0n) is 18.5. The number of carbonyl (C=O) groups excluding carboxylic acids is 2. The van der Waals surface area contributed by atoms with Crippen molar-refractivity contribution < 1.29 is 9.59 Å². The molecule has 0 aromatic heterocycles. The first-order valence-electron chi connectivity index (χ1n) is 11.0. The first kappa shape index (κ1) is 23.1. The van der Waals surface area contributed by atoms with Crippen LogP contribution in [0.15, 0.2) is 116 Å². The van der Waals surface area contributed by atoms with Crippen LogP contribution in [-0.4, -0.2) is 17.5 Å². The molecule has 5 rings (SSSR count). The molecule has 0 unspecified atom stereocenters. The maximum atomic E-state index is 12.8. The lowest BCUT2D eigenvalue weighted by molar-refractivity contribution is -0.121. The van der Waals surface area contributed by atoms with Crippen molar-refractivity contribution in [1.82, 2.24) is 10.9 Å². The lowest BCUT2D eigenvalue weighted by Gasteiger charge is -2.09. The Morgan fingerprint density at radius 2 is 1.60 bits per heavy atom. The van der Waals surface area contributed by atoms with Crippen molar-refractivity contribution in [3.63, 3.8) is 0 Å². The highest BCUT2D eigenvalue weighted by atomic mass is 79.9. The third-order valence-electron chi connectivity index (χ3n) is 5.44. The van der Waals surface area contributed by atoms with Crippen LogP contribution in [0.3, 0.4) is 0 Å². The van der Waals surface area contributed by atoms with Crippen molar-refractivity contribution in [2.45, 2.75) is 16.2 Å². The van der Waals surface area contributed by atoms with Crippen LogP contribution in [0.2, 0.25) is 0 Å². The van der Waals surface area contributed by atoms with Crippen molar-refractivity contribution >= 4 is 50.9 Å². The molecule has 0 saturated heterocycles. The molecule has 0 aliphatic carbocycles. The standard InChI is InChI=1S/C28H20BrN3O2S/c29-21-10-6-9-19(16-21)27-22-11-4-5-12-24(22)35-25-14-13-20(17-23(25)30-27)28(34)32-31-26(33)15-18-7-2-1-3-8-18/h1-14,16-17H,15H2,(H,31,33)(H,32,34). The van der Waals surface area contributed by atoms with Gasteiger partial charge in [0.2, 0.25) is 5.91 Å². The Labute approximate surface area is 215 Å². The number of rotatable bonds is 4. The second kappa shape index (κ2) is 10.3. The molecule has 1 aliphatic rings. The SMILES string of the molecule is O=C(Cc1ccccc1)NNC(=O)c1ccc2c(c1)N=C(c1cccc(Br)c1)c1ccccc1S2. The predicted molar refractivity (Wildman–Crippen MR) is 142 cm³/mol. The van der Waals surface area contributed by atoms with Crippen molar-refractivity contribution in [3.8, 4) is 0 Å². The van der Waals surface area contributed by atoms with Crippen LogP contribution in [0.4, 0.5) is 5.69 Å². The number of hydrogen-bond acceptors (Lipinski definition) is 4. The average molecular weight is 542 g/mol. The molecule has 7 heteroatoms. The number of nitrogens with one attached hydrogen (secondary N) is 2. The molecular weight excluding hydrogens is 522 g/mol. The molecule has 172 valence electrons. The molecular formula is C28H20BrN3O2S. The summed E-state index contributed by atoms with van der Waals surface area (Å²) < 4.78 is 0.965. The lowest BCUT2D eigenvalue weighted by atomic mass is 10.0. The van der Waals surface area contributed by atoms with Crippen LogP contribution in [0.25, 0.3) is 0 Å². The van der Waals surface area contributed by atoms with Crippen molar-refractivity contribution in [1.29, 1.82) is 0 Å². The van der Waals surface area contributed by atoms with Crippen LogP contribution in [0.1, 0.15) is 27.0 Å². The van der Waals surface area contributed by atoms with Crippen molar-refractivity contribution in [2.75, 3.05) is 0 Å². The van der Waals surface area contributed by atoms with Gasteiger partial charge in [-0.05, 0) is 42.0 Å². The van der Waals surface area contributed by atoms with E-state index < -0.39 is 5.91 Å². The summed E-state index contributed by atoms with van der Waals surface area (Å²) in [6, 6.07) is 30.9. The van der Waals surface area contributed by atoms with E-state index in [0.29, 0.717) is 11.3 Å². The third-order valence-corrected chi connectivity index (χ3v) is 7.07. The van der Waals surface area contributed by atoms with Crippen molar-refractivity contribution in [3.05, 3.63) is 124 Å². The summed E-state index contributed by atoms with van der Waals surface area (Å²) in [5.41, 5.74) is 9.82. The summed E-state index contributed by atoms with van der Waals surface area (Å²) in [7, 11) is 0. The van der Waals surface area contributed by atoms with E-state index in [0.717, 1.165) is 36.7 Å². The number of hydrazine groups is 1. The molecule has 0 spiro atoms. The first-order valence-corrected chi connectivity index (χ1v) is 12.6. The summed E-state index contributed by atoms with van der Waals surface area (Å²) in [5.74, 6) is -0.694. The highest BCUT2D eigenvalue weighted by molar-refractivity contribution is 9.10. The minimum absolute atomic E-state index is 0.181. The maximum Gasteiger partial charge on any atom is 0.269 e. The number of aliphatic imine (C=N–C) groups is 1. The molecule has 1 heterocycles. The van der Waals surface area contributed by atoms with Crippen LogP contribution >= 0.6 is 27.7 Å². The van der Waals surface area contributed by atoms with Gasteiger partial charge >= 0.3 is 0 Å². The van der Waals surface area contributed by atoms with Gasteiger partial charge < -0.3 is 0 Å². The monoisotopic (exact) mass is 541 g/mol. The zero-order valence-corrected chi connectivity index (χ0v) is 20.9. The highest BCUT2D eigenvalue weighted by Crippen LogP contribution is 2.41. The topological polar surface area (TPSA) is 70.6 Å². The third kappa shape index (κ3) is 5.37. The van der Waals surface area contributed by atoms with E-state index >= 15 is 0 Å². The van der Waals surface area contributed by atoms with Gasteiger partial charge in [0.25, 0.3) is 5.91 Å². The largest absolute Gasteiger partial charge is 0.273 e. The lowest BCUT2D eigenvalue weighted by Crippen LogP contribution is -2.42.